The van der Waals surface area contributed by atoms with Gasteiger partial charge in [-0.2, -0.15) is 0 Å². The Bertz CT molecular complexity index is 755. The molecular weight excluding hydrogens is 326 g/mol. The van der Waals surface area contributed by atoms with E-state index in [0.717, 1.165) is 31.6 Å². The Morgan fingerprint density at radius 2 is 1.50 bits per heavy atom. The van der Waals surface area contributed by atoms with Crippen molar-refractivity contribution in [3.63, 3.8) is 0 Å². The van der Waals surface area contributed by atoms with Gasteiger partial charge in [0.15, 0.2) is 0 Å². The van der Waals surface area contributed by atoms with E-state index in [1.54, 1.807) is 24.3 Å². The molecule has 2 aromatic carbocycles. The van der Waals surface area contributed by atoms with Gasteiger partial charge in [-0.05, 0) is 24.0 Å². The number of benzene rings is 2. The Balaban J connectivity index is 1.68. The maximum atomic E-state index is 13.2. The van der Waals surface area contributed by atoms with Crippen LogP contribution in [0.2, 0.25) is 0 Å². The number of esters is 1. The zero-order valence-electron chi connectivity index (χ0n) is 14.7. The fourth-order valence-corrected chi connectivity index (χ4v) is 4.07. The molecule has 134 valence electrons. The molecule has 0 radical (unpaired) electrons. The predicted molar refractivity (Wildman–Crippen MR) is 99.2 cm³/mol. The number of fused-ring (bicyclic) bond motifs is 3. The van der Waals surface area contributed by atoms with Crippen molar-refractivity contribution in [2.24, 2.45) is 5.92 Å². The number of carbonyl (C=O) groups is 1. The van der Waals surface area contributed by atoms with Crippen molar-refractivity contribution < 1.29 is 14.6 Å². The zero-order valence-corrected chi connectivity index (χ0v) is 14.7. The van der Waals surface area contributed by atoms with Crippen molar-refractivity contribution in [2.75, 3.05) is 13.1 Å². The normalized spacial score (nSPS) is 22.3. The van der Waals surface area contributed by atoms with E-state index in [9.17, 15) is 9.90 Å². The average Bonchev–Trinajstić information content (AvgIpc) is 2.71. The van der Waals surface area contributed by atoms with Crippen molar-refractivity contribution in [3.05, 3.63) is 84.1 Å². The lowest BCUT2D eigenvalue weighted by molar-refractivity contribution is -0.172. The van der Waals surface area contributed by atoms with Gasteiger partial charge < -0.3 is 14.7 Å². The first kappa shape index (κ1) is 16.9. The van der Waals surface area contributed by atoms with Crippen LogP contribution in [0.1, 0.15) is 24.0 Å². The molecule has 4 heteroatoms. The summed E-state index contributed by atoms with van der Waals surface area (Å²) in [4.78, 5) is 15.4. The fourth-order valence-electron chi connectivity index (χ4n) is 4.07. The van der Waals surface area contributed by atoms with Crippen LogP contribution >= 0.6 is 0 Å². The van der Waals surface area contributed by atoms with Crippen molar-refractivity contribution in [2.45, 2.75) is 24.5 Å². The molecule has 26 heavy (non-hydrogen) atoms. The Morgan fingerprint density at radius 1 is 1.00 bits per heavy atom. The molecule has 1 atom stereocenters. The highest BCUT2D eigenvalue weighted by Crippen LogP contribution is 2.38. The number of ether oxygens (including phenoxy) is 1. The summed E-state index contributed by atoms with van der Waals surface area (Å²) in [6, 6.07) is 17.9. The highest BCUT2D eigenvalue weighted by molar-refractivity contribution is 5.85. The highest BCUT2D eigenvalue weighted by atomic mass is 16.6. The van der Waals surface area contributed by atoms with Gasteiger partial charge in [-0.15, -0.1) is 0 Å². The molecule has 3 aliphatic rings. The molecular formula is C22H23NO3. The van der Waals surface area contributed by atoms with E-state index in [1.807, 2.05) is 36.4 Å². The number of nitrogens with zero attached hydrogens (tertiary/aromatic N) is 1. The summed E-state index contributed by atoms with van der Waals surface area (Å²) in [5.41, 5.74) is 0.0185. The summed E-state index contributed by atoms with van der Waals surface area (Å²) in [5.74, 6) is -0.359. The summed E-state index contributed by atoms with van der Waals surface area (Å²) in [6.07, 6.45) is 1.63. The molecule has 1 N–H and O–H groups in total. The van der Waals surface area contributed by atoms with E-state index in [0.29, 0.717) is 11.1 Å². The number of carbonyl (C=O) groups excluding carboxylic acids is 1. The largest absolute Gasteiger partial charge is 0.453 e. The molecule has 0 aliphatic carbocycles. The summed E-state index contributed by atoms with van der Waals surface area (Å²) in [6.45, 7) is 6.07. The number of hydrogen-bond donors (Lipinski definition) is 1. The van der Waals surface area contributed by atoms with Crippen LogP contribution in [0.15, 0.2) is 72.9 Å². The minimum atomic E-state index is -1.84. The molecule has 3 aliphatic heterocycles. The zero-order chi connectivity index (χ0) is 18.1. The van der Waals surface area contributed by atoms with Crippen LogP contribution in [0.3, 0.4) is 0 Å². The molecule has 3 saturated heterocycles. The van der Waals surface area contributed by atoms with Crippen LogP contribution in [0.25, 0.3) is 0 Å². The number of hydrogen-bond acceptors (Lipinski definition) is 4. The number of rotatable bonds is 4. The van der Waals surface area contributed by atoms with Gasteiger partial charge in [0.2, 0.25) is 5.60 Å². The maximum absolute atomic E-state index is 13.2. The molecule has 2 aromatic rings. The van der Waals surface area contributed by atoms with Gasteiger partial charge in [0.25, 0.3) is 0 Å². The van der Waals surface area contributed by atoms with Gasteiger partial charge in [-0.3, -0.25) is 0 Å². The Labute approximate surface area is 153 Å². The molecule has 3 fully saturated rings. The van der Waals surface area contributed by atoms with E-state index < -0.39 is 11.6 Å². The van der Waals surface area contributed by atoms with Crippen molar-refractivity contribution in [1.82, 2.24) is 4.90 Å². The lowest BCUT2D eigenvalue weighted by Gasteiger charge is -2.47. The SMILES string of the molecule is C=C1C(OC(=O)C(O)(c2ccccc2)c2ccccc2)C2CCN1CC2. The third-order valence-electron chi connectivity index (χ3n) is 5.61. The second kappa shape index (κ2) is 6.61. The maximum Gasteiger partial charge on any atom is 0.348 e. The average molecular weight is 349 g/mol. The van der Waals surface area contributed by atoms with E-state index in [-0.39, 0.29) is 12.0 Å². The first-order valence-corrected chi connectivity index (χ1v) is 9.09. The Hall–Kier alpha value is -2.59. The summed E-state index contributed by atoms with van der Waals surface area (Å²) in [7, 11) is 0. The molecule has 0 aromatic heterocycles. The van der Waals surface area contributed by atoms with Gasteiger partial charge in [0.1, 0.15) is 6.10 Å². The smallest absolute Gasteiger partial charge is 0.348 e. The second-order valence-corrected chi connectivity index (χ2v) is 7.08. The molecule has 0 saturated carbocycles. The summed E-state index contributed by atoms with van der Waals surface area (Å²) in [5, 5.41) is 11.5. The van der Waals surface area contributed by atoms with Crippen LogP contribution in [-0.4, -0.2) is 35.2 Å². The van der Waals surface area contributed by atoms with Gasteiger partial charge >= 0.3 is 5.97 Å². The van der Waals surface area contributed by atoms with E-state index >= 15 is 0 Å². The van der Waals surface area contributed by atoms with Gasteiger partial charge in [-0.25, -0.2) is 4.79 Å². The fraction of sp³-hybridized carbons (Fsp3) is 0.318. The molecule has 5 rings (SSSR count). The monoisotopic (exact) mass is 349 g/mol. The summed E-state index contributed by atoms with van der Waals surface area (Å²) < 4.78 is 5.88. The molecule has 0 amide bonds. The number of piperidine rings is 3. The standard InChI is InChI=1S/C22H23NO3/c1-16-20(17-12-14-23(16)15-13-17)26-21(24)22(25,18-8-4-2-5-9-18)19-10-6-3-7-11-19/h2-11,17,20,25H,1,12-15H2. The van der Waals surface area contributed by atoms with Crippen molar-refractivity contribution >= 4 is 5.97 Å². The molecule has 4 nitrogen and oxygen atoms in total. The van der Waals surface area contributed by atoms with Gasteiger partial charge in [-0.1, -0.05) is 67.2 Å². The third-order valence-corrected chi connectivity index (χ3v) is 5.61. The van der Waals surface area contributed by atoms with Crippen molar-refractivity contribution in [3.8, 4) is 0 Å². The topological polar surface area (TPSA) is 49.8 Å². The highest BCUT2D eigenvalue weighted by Gasteiger charge is 2.46. The number of aliphatic hydroxyl groups is 1. The Morgan fingerprint density at radius 3 is 1.96 bits per heavy atom. The van der Waals surface area contributed by atoms with Crippen LogP contribution in [0.5, 0.6) is 0 Å². The van der Waals surface area contributed by atoms with Crippen LogP contribution < -0.4 is 0 Å². The van der Waals surface area contributed by atoms with E-state index in [2.05, 4.69) is 11.5 Å². The quantitative estimate of drug-likeness (QED) is 0.862. The minimum Gasteiger partial charge on any atom is -0.453 e. The first-order valence-electron chi connectivity index (χ1n) is 9.09. The lowest BCUT2D eigenvalue weighted by Crippen LogP contribution is -2.51. The first-order chi connectivity index (χ1) is 12.6. The van der Waals surface area contributed by atoms with Crippen molar-refractivity contribution in [1.29, 1.82) is 0 Å². The molecule has 3 heterocycles. The summed E-state index contributed by atoms with van der Waals surface area (Å²) >= 11 is 0. The molecule has 2 bridgehead atoms. The lowest BCUT2D eigenvalue weighted by atomic mass is 9.83. The Kier molecular flexibility index (Phi) is 4.29. The van der Waals surface area contributed by atoms with Gasteiger partial charge in [0, 0.05) is 24.7 Å². The minimum absolute atomic E-state index is 0.284. The van der Waals surface area contributed by atoms with E-state index in [4.69, 9.17) is 4.74 Å². The third kappa shape index (κ3) is 2.71. The van der Waals surface area contributed by atoms with E-state index in [1.165, 1.54) is 0 Å². The second-order valence-electron chi connectivity index (χ2n) is 7.08. The van der Waals surface area contributed by atoms with Gasteiger partial charge in [0.05, 0.1) is 0 Å². The molecule has 0 spiro atoms. The van der Waals surface area contributed by atoms with Crippen LogP contribution in [0.4, 0.5) is 0 Å². The van der Waals surface area contributed by atoms with Crippen LogP contribution in [-0.2, 0) is 15.1 Å². The molecule has 1 unspecified atom stereocenters. The predicted octanol–water partition coefficient (Wildman–Crippen LogP) is 3.07. The van der Waals surface area contributed by atoms with Crippen LogP contribution in [0, 0.1) is 5.92 Å².